The molecule has 1 aliphatic rings. The van der Waals surface area contributed by atoms with Crippen LogP contribution in [0.25, 0.3) is 0 Å². The maximum absolute atomic E-state index is 11.1. The van der Waals surface area contributed by atoms with Crippen molar-refractivity contribution in [1.82, 2.24) is 5.32 Å². The van der Waals surface area contributed by atoms with Gasteiger partial charge in [0.05, 0.1) is 25.7 Å². The number of ether oxygens (including phenoxy) is 2. The first-order chi connectivity index (χ1) is 10.0. The van der Waals surface area contributed by atoms with Gasteiger partial charge in [-0.2, -0.15) is 0 Å². The van der Waals surface area contributed by atoms with E-state index in [0.29, 0.717) is 40.8 Å². The Hall–Kier alpha value is -1.60. The summed E-state index contributed by atoms with van der Waals surface area (Å²) < 4.78 is 11.4. The molecule has 1 aromatic carbocycles. The third-order valence-corrected chi connectivity index (χ3v) is 4.27. The van der Waals surface area contributed by atoms with Crippen LogP contribution in [0.3, 0.4) is 0 Å². The van der Waals surface area contributed by atoms with E-state index in [0.717, 1.165) is 5.56 Å². The van der Waals surface area contributed by atoms with Gasteiger partial charge in [0.1, 0.15) is 0 Å². The normalized spacial score (nSPS) is 21.1. The van der Waals surface area contributed by atoms with Gasteiger partial charge in [-0.3, -0.25) is 9.59 Å². The number of halogens is 1. The van der Waals surface area contributed by atoms with Crippen LogP contribution >= 0.6 is 15.9 Å². The third-order valence-electron chi connectivity index (χ3n) is 3.62. The fraction of sp³-hybridized carbons (Fsp3) is 0.429. The molecule has 0 spiro atoms. The number of aliphatic carboxylic acids is 1. The van der Waals surface area contributed by atoms with E-state index in [9.17, 15) is 9.59 Å². The lowest BCUT2D eigenvalue weighted by Crippen LogP contribution is -2.18. The molecule has 2 unspecified atom stereocenters. The molecule has 1 saturated heterocycles. The molecule has 0 aliphatic carbocycles. The first-order valence-corrected chi connectivity index (χ1v) is 7.18. The summed E-state index contributed by atoms with van der Waals surface area (Å²) in [5, 5.41) is 12.3. The van der Waals surface area contributed by atoms with Crippen molar-refractivity contribution >= 4 is 28.2 Å². The highest BCUT2D eigenvalue weighted by molar-refractivity contribution is 9.10. The van der Waals surface area contributed by atoms with Crippen molar-refractivity contribution in [3.8, 4) is 11.5 Å². The van der Waals surface area contributed by atoms with Crippen LogP contribution in [-0.4, -0.2) is 38.1 Å². The Bertz CT molecular complexity index is 575. The zero-order chi connectivity index (χ0) is 15.6. The Kier molecular flexibility index (Phi) is 4.84. The van der Waals surface area contributed by atoms with Crippen LogP contribution in [0, 0.1) is 5.92 Å². The number of carboxylic acid groups (broad SMARTS) is 1. The van der Waals surface area contributed by atoms with E-state index >= 15 is 0 Å². The summed E-state index contributed by atoms with van der Waals surface area (Å²) in [5.41, 5.74) is 1.14. The largest absolute Gasteiger partial charge is 0.492 e. The molecule has 1 fully saturated rings. The van der Waals surface area contributed by atoms with E-state index < -0.39 is 11.9 Å². The van der Waals surface area contributed by atoms with Gasteiger partial charge in [-0.15, -0.1) is 0 Å². The average Bonchev–Trinajstić information content (AvgIpc) is 2.95. The first-order valence-electron chi connectivity index (χ1n) is 6.39. The Morgan fingerprint density at radius 1 is 1.43 bits per heavy atom. The van der Waals surface area contributed by atoms with Gasteiger partial charge in [-0.1, -0.05) is 15.9 Å². The summed E-state index contributed by atoms with van der Waals surface area (Å²) in [6.45, 7) is 0.396. The molecule has 0 bridgehead atoms. The molecule has 0 radical (unpaired) electrons. The monoisotopic (exact) mass is 357 g/mol. The minimum absolute atomic E-state index is 0.176. The third kappa shape index (κ3) is 2.89. The highest BCUT2D eigenvalue weighted by atomic mass is 79.9. The lowest BCUT2D eigenvalue weighted by Gasteiger charge is -2.20. The molecule has 6 nitrogen and oxygen atoms in total. The lowest BCUT2D eigenvalue weighted by molar-refractivity contribution is -0.141. The Morgan fingerprint density at radius 2 is 2.10 bits per heavy atom. The highest BCUT2D eigenvalue weighted by Crippen LogP contribution is 2.44. The number of hydrogen-bond donors (Lipinski definition) is 2. The molecule has 114 valence electrons. The molecule has 1 heterocycles. The van der Waals surface area contributed by atoms with E-state index in [1.807, 2.05) is 0 Å². The van der Waals surface area contributed by atoms with Crippen molar-refractivity contribution in [2.75, 3.05) is 20.8 Å². The Balaban J connectivity index is 2.48. The second-order valence-corrected chi connectivity index (χ2v) is 5.63. The molecule has 21 heavy (non-hydrogen) atoms. The smallest absolute Gasteiger partial charge is 0.307 e. The summed E-state index contributed by atoms with van der Waals surface area (Å²) in [7, 11) is 2.96. The number of carboxylic acids is 1. The lowest BCUT2D eigenvalue weighted by atomic mass is 9.97. The van der Waals surface area contributed by atoms with E-state index in [1.54, 1.807) is 6.07 Å². The number of nitrogens with one attached hydrogen (secondary N) is 1. The van der Waals surface area contributed by atoms with Gasteiger partial charge in [0.2, 0.25) is 0 Å². The number of carbonyl (C=O) groups excluding carboxylic acids is 1. The van der Waals surface area contributed by atoms with Gasteiger partial charge in [0.15, 0.2) is 17.8 Å². The van der Waals surface area contributed by atoms with Crippen molar-refractivity contribution in [1.29, 1.82) is 0 Å². The Morgan fingerprint density at radius 3 is 2.57 bits per heavy atom. The zero-order valence-corrected chi connectivity index (χ0v) is 13.3. The van der Waals surface area contributed by atoms with Crippen molar-refractivity contribution in [2.24, 2.45) is 5.92 Å². The van der Waals surface area contributed by atoms with Crippen LogP contribution in [0.2, 0.25) is 0 Å². The molecule has 0 aromatic heterocycles. The van der Waals surface area contributed by atoms with Crippen LogP contribution in [-0.2, 0) is 4.79 Å². The SMILES string of the molecule is COc1c(C=O)cc(Br)c(C2CC(C(=O)O)CN2)c1OC. The molecular formula is C14H16BrNO5. The predicted octanol–water partition coefficient (Wildman–Crippen LogP) is 2.01. The van der Waals surface area contributed by atoms with Crippen LogP contribution in [0.15, 0.2) is 10.5 Å². The van der Waals surface area contributed by atoms with Crippen molar-refractivity contribution in [3.63, 3.8) is 0 Å². The van der Waals surface area contributed by atoms with E-state index in [-0.39, 0.29) is 6.04 Å². The molecule has 2 rings (SSSR count). The van der Waals surface area contributed by atoms with E-state index in [4.69, 9.17) is 14.6 Å². The number of aldehydes is 1. The zero-order valence-electron chi connectivity index (χ0n) is 11.7. The predicted molar refractivity (Wildman–Crippen MR) is 79.1 cm³/mol. The fourth-order valence-electron chi connectivity index (χ4n) is 2.61. The van der Waals surface area contributed by atoms with E-state index in [1.165, 1.54) is 14.2 Å². The van der Waals surface area contributed by atoms with Crippen LogP contribution in [0.5, 0.6) is 11.5 Å². The average molecular weight is 358 g/mol. The molecule has 1 aromatic rings. The summed E-state index contributed by atoms with van der Waals surface area (Å²) in [6, 6.07) is 1.48. The van der Waals surface area contributed by atoms with Gasteiger partial charge in [0, 0.05) is 22.6 Å². The Labute approximate surface area is 130 Å². The second kappa shape index (κ2) is 6.44. The van der Waals surface area contributed by atoms with Crippen LogP contribution in [0.4, 0.5) is 0 Å². The van der Waals surface area contributed by atoms with Gasteiger partial charge in [0.25, 0.3) is 0 Å². The van der Waals surface area contributed by atoms with Crippen LogP contribution < -0.4 is 14.8 Å². The summed E-state index contributed by atoms with van der Waals surface area (Å²) in [5.74, 6) is -0.469. The summed E-state index contributed by atoms with van der Waals surface area (Å²) >= 11 is 3.43. The first kappa shape index (κ1) is 15.8. The maximum Gasteiger partial charge on any atom is 0.307 e. The molecule has 1 aliphatic heterocycles. The van der Waals surface area contributed by atoms with E-state index in [2.05, 4.69) is 21.2 Å². The van der Waals surface area contributed by atoms with Gasteiger partial charge in [-0.05, 0) is 12.5 Å². The van der Waals surface area contributed by atoms with Gasteiger partial charge < -0.3 is 19.9 Å². The van der Waals surface area contributed by atoms with Crippen molar-refractivity contribution < 1.29 is 24.2 Å². The molecule has 0 saturated carbocycles. The number of benzene rings is 1. The van der Waals surface area contributed by atoms with Gasteiger partial charge in [-0.25, -0.2) is 0 Å². The van der Waals surface area contributed by atoms with Crippen LogP contribution in [0.1, 0.15) is 28.4 Å². The van der Waals surface area contributed by atoms with Crippen molar-refractivity contribution in [3.05, 3.63) is 21.7 Å². The molecule has 7 heteroatoms. The molecule has 2 atom stereocenters. The molecule has 0 amide bonds. The molecular weight excluding hydrogens is 342 g/mol. The number of rotatable bonds is 5. The number of hydrogen-bond acceptors (Lipinski definition) is 5. The minimum Gasteiger partial charge on any atom is -0.492 e. The summed E-state index contributed by atoms with van der Waals surface area (Å²) in [4.78, 5) is 22.2. The van der Waals surface area contributed by atoms with Crippen molar-refractivity contribution in [2.45, 2.75) is 12.5 Å². The number of carbonyl (C=O) groups is 2. The second-order valence-electron chi connectivity index (χ2n) is 4.78. The topological polar surface area (TPSA) is 84.9 Å². The standard InChI is InChI=1S/C14H16BrNO5/c1-20-12-8(6-17)3-9(15)11(13(12)21-2)10-4-7(5-16-10)14(18)19/h3,6-7,10,16H,4-5H2,1-2H3,(H,18,19). The minimum atomic E-state index is -0.823. The number of methoxy groups -OCH3 is 2. The fourth-order valence-corrected chi connectivity index (χ4v) is 3.31. The summed E-state index contributed by atoms with van der Waals surface area (Å²) in [6.07, 6.45) is 1.14. The highest BCUT2D eigenvalue weighted by Gasteiger charge is 2.34. The van der Waals surface area contributed by atoms with Gasteiger partial charge >= 0.3 is 5.97 Å². The maximum atomic E-state index is 11.1. The molecule has 2 N–H and O–H groups in total. The quantitative estimate of drug-likeness (QED) is 0.784.